The molecular weight excluding hydrogens is 281 g/mol. The summed E-state index contributed by atoms with van der Waals surface area (Å²) in [5.41, 5.74) is -0.501. The van der Waals surface area contributed by atoms with E-state index in [-0.39, 0.29) is 23.9 Å². The number of rotatable bonds is 4. The van der Waals surface area contributed by atoms with Crippen molar-refractivity contribution in [2.75, 3.05) is 27.2 Å². The van der Waals surface area contributed by atoms with Crippen LogP contribution in [-0.2, 0) is 6.18 Å². The van der Waals surface area contributed by atoms with E-state index in [1.807, 2.05) is 0 Å². The Hall–Kier alpha value is -1.27. The molecule has 3 nitrogen and oxygen atoms in total. The predicted octanol–water partition coefficient (Wildman–Crippen LogP) is 2.42. The van der Waals surface area contributed by atoms with E-state index >= 15 is 0 Å². The molecule has 0 saturated heterocycles. The van der Waals surface area contributed by atoms with Gasteiger partial charge in [-0.15, -0.1) is 12.4 Å². The van der Waals surface area contributed by atoms with Gasteiger partial charge < -0.3 is 10.2 Å². The smallest absolute Gasteiger partial charge is 0.340 e. The number of carbonyl (C=O) groups is 1. The molecule has 0 unspecified atom stereocenters. The van der Waals surface area contributed by atoms with Crippen molar-refractivity contribution in [2.24, 2.45) is 0 Å². The first-order valence-electron chi connectivity index (χ1n) is 5.43. The Bertz CT molecular complexity index is 406. The average molecular weight is 297 g/mol. The lowest BCUT2D eigenvalue weighted by molar-refractivity contribution is -0.137. The third-order valence-electron chi connectivity index (χ3n) is 2.50. The zero-order chi connectivity index (χ0) is 13.8. The van der Waals surface area contributed by atoms with Gasteiger partial charge in [-0.3, -0.25) is 4.79 Å². The molecule has 0 aliphatic carbocycles. The minimum absolute atomic E-state index is 0. The number of alkyl halides is 3. The van der Waals surface area contributed by atoms with Gasteiger partial charge in [0.05, 0.1) is 5.56 Å². The first kappa shape index (κ1) is 17.7. The second-order valence-electron chi connectivity index (χ2n) is 3.91. The Morgan fingerprint density at radius 1 is 1.26 bits per heavy atom. The molecule has 1 rings (SSSR count). The van der Waals surface area contributed by atoms with Crippen molar-refractivity contribution in [3.05, 3.63) is 35.4 Å². The fourth-order valence-corrected chi connectivity index (χ4v) is 1.40. The molecule has 0 heterocycles. The highest BCUT2D eigenvalue weighted by atomic mass is 35.5. The number of hydrogen-bond donors (Lipinski definition) is 1. The monoisotopic (exact) mass is 296 g/mol. The molecule has 1 N–H and O–H groups in total. The molecule has 0 aliphatic rings. The van der Waals surface area contributed by atoms with Gasteiger partial charge in [-0.05, 0) is 31.3 Å². The van der Waals surface area contributed by atoms with Crippen LogP contribution in [0.15, 0.2) is 24.3 Å². The summed E-state index contributed by atoms with van der Waals surface area (Å²) in [6, 6.07) is 4.22. The highest BCUT2D eigenvalue weighted by Gasteiger charge is 2.30. The molecule has 19 heavy (non-hydrogen) atoms. The second-order valence-corrected chi connectivity index (χ2v) is 3.91. The summed E-state index contributed by atoms with van der Waals surface area (Å²) in [7, 11) is 3.37. The van der Waals surface area contributed by atoms with Gasteiger partial charge in [-0.2, -0.15) is 13.2 Å². The Kier molecular flexibility index (Phi) is 6.86. The SMILES string of the molecule is CNCCN(C)C(=O)c1ccc(C(F)(F)F)cc1.Cl. The van der Waals surface area contributed by atoms with Gasteiger partial charge in [0, 0.05) is 25.7 Å². The van der Waals surface area contributed by atoms with Crippen LogP contribution in [0.1, 0.15) is 15.9 Å². The fraction of sp³-hybridized carbons (Fsp3) is 0.417. The van der Waals surface area contributed by atoms with E-state index in [1.165, 1.54) is 17.0 Å². The highest BCUT2D eigenvalue weighted by Crippen LogP contribution is 2.29. The Morgan fingerprint density at radius 2 is 1.79 bits per heavy atom. The standard InChI is InChI=1S/C12H15F3N2O.ClH/c1-16-7-8-17(2)11(18)9-3-5-10(6-4-9)12(13,14)15;/h3-6,16H,7-8H2,1-2H3;1H. The lowest BCUT2D eigenvalue weighted by Gasteiger charge is -2.17. The number of nitrogens with zero attached hydrogens (tertiary/aromatic N) is 1. The van der Waals surface area contributed by atoms with E-state index in [4.69, 9.17) is 0 Å². The maximum Gasteiger partial charge on any atom is 0.416 e. The number of halogens is 4. The lowest BCUT2D eigenvalue weighted by atomic mass is 10.1. The minimum Gasteiger partial charge on any atom is -0.340 e. The van der Waals surface area contributed by atoms with Crippen molar-refractivity contribution in [3.8, 4) is 0 Å². The largest absolute Gasteiger partial charge is 0.416 e. The van der Waals surface area contributed by atoms with E-state index in [1.54, 1.807) is 14.1 Å². The zero-order valence-electron chi connectivity index (χ0n) is 10.6. The lowest BCUT2D eigenvalue weighted by Crippen LogP contribution is -2.32. The van der Waals surface area contributed by atoms with Crippen molar-refractivity contribution in [1.82, 2.24) is 10.2 Å². The number of carbonyl (C=O) groups excluding carboxylic acids is 1. The Morgan fingerprint density at radius 3 is 2.21 bits per heavy atom. The normalized spacial score (nSPS) is 10.8. The van der Waals surface area contributed by atoms with E-state index in [0.717, 1.165) is 12.1 Å². The molecular formula is C12H16ClF3N2O. The van der Waals surface area contributed by atoms with Crippen LogP contribution in [0.2, 0.25) is 0 Å². The quantitative estimate of drug-likeness (QED) is 0.925. The number of hydrogen-bond acceptors (Lipinski definition) is 2. The van der Waals surface area contributed by atoms with Crippen LogP contribution in [0.5, 0.6) is 0 Å². The van der Waals surface area contributed by atoms with Crippen LogP contribution >= 0.6 is 12.4 Å². The van der Waals surface area contributed by atoms with Crippen molar-refractivity contribution < 1.29 is 18.0 Å². The maximum absolute atomic E-state index is 12.3. The molecule has 0 spiro atoms. The van der Waals surface area contributed by atoms with Crippen molar-refractivity contribution in [1.29, 1.82) is 0 Å². The number of nitrogens with one attached hydrogen (secondary N) is 1. The summed E-state index contributed by atoms with van der Waals surface area (Å²) in [5.74, 6) is -0.293. The van der Waals surface area contributed by atoms with Crippen LogP contribution in [0.4, 0.5) is 13.2 Å². The third kappa shape index (κ3) is 5.08. The molecule has 0 atom stereocenters. The van der Waals surface area contributed by atoms with Crippen molar-refractivity contribution in [2.45, 2.75) is 6.18 Å². The van der Waals surface area contributed by atoms with Gasteiger partial charge in [0.25, 0.3) is 5.91 Å². The van der Waals surface area contributed by atoms with Gasteiger partial charge in [0.2, 0.25) is 0 Å². The Labute approximate surface area is 116 Å². The summed E-state index contributed by atoms with van der Waals surface area (Å²) < 4.78 is 37.0. The molecule has 0 aromatic heterocycles. The molecule has 108 valence electrons. The molecule has 0 fully saturated rings. The predicted molar refractivity (Wildman–Crippen MR) is 69.6 cm³/mol. The fourth-order valence-electron chi connectivity index (χ4n) is 1.40. The van der Waals surface area contributed by atoms with Crippen LogP contribution < -0.4 is 5.32 Å². The van der Waals surface area contributed by atoms with Crippen molar-refractivity contribution >= 4 is 18.3 Å². The summed E-state index contributed by atoms with van der Waals surface area (Å²) in [6.45, 7) is 1.12. The molecule has 1 aromatic carbocycles. The molecule has 0 radical (unpaired) electrons. The maximum atomic E-state index is 12.3. The molecule has 7 heteroatoms. The molecule has 0 aliphatic heterocycles. The van der Waals surface area contributed by atoms with E-state index in [2.05, 4.69) is 5.32 Å². The molecule has 1 amide bonds. The molecule has 0 bridgehead atoms. The van der Waals surface area contributed by atoms with E-state index < -0.39 is 11.7 Å². The van der Waals surface area contributed by atoms with Gasteiger partial charge in [0.15, 0.2) is 0 Å². The Balaban J connectivity index is 0.00000324. The summed E-state index contributed by atoms with van der Waals surface area (Å²) in [5, 5.41) is 2.89. The van der Waals surface area contributed by atoms with E-state index in [9.17, 15) is 18.0 Å². The van der Waals surface area contributed by atoms with Crippen LogP contribution in [0.25, 0.3) is 0 Å². The van der Waals surface area contributed by atoms with Crippen molar-refractivity contribution in [3.63, 3.8) is 0 Å². The third-order valence-corrected chi connectivity index (χ3v) is 2.50. The molecule has 1 aromatic rings. The minimum atomic E-state index is -4.38. The van der Waals surface area contributed by atoms with Gasteiger partial charge in [-0.1, -0.05) is 0 Å². The van der Waals surface area contributed by atoms with E-state index in [0.29, 0.717) is 13.1 Å². The first-order chi connectivity index (χ1) is 8.36. The van der Waals surface area contributed by atoms with Gasteiger partial charge in [0.1, 0.15) is 0 Å². The number of benzene rings is 1. The average Bonchev–Trinajstić information content (AvgIpc) is 2.34. The van der Waals surface area contributed by atoms with Gasteiger partial charge in [-0.25, -0.2) is 0 Å². The summed E-state index contributed by atoms with van der Waals surface area (Å²) in [6.07, 6.45) is -4.38. The van der Waals surface area contributed by atoms with Crippen LogP contribution in [0.3, 0.4) is 0 Å². The zero-order valence-corrected chi connectivity index (χ0v) is 11.4. The van der Waals surface area contributed by atoms with Crippen LogP contribution in [0, 0.1) is 0 Å². The summed E-state index contributed by atoms with van der Waals surface area (Å²) in [4.78, 5) is 13.3. The topological polar surface area (TPSA) is 32.3 Å². The summed E-state index contributed by atoms with van der Waals surface area (Å²) >= 11 is 0. The second kappa shape index (κ2) is 7.35. The van der Waals surface area contributed by atoms with Crippen LogP contribution in [-0.4, -0.2) is 38.0 Å². The first-order valence-corrected chi connectivity index (χ1v) is 5.43. The molecule has 0 saturated carbocycles. The number of amides is 1. The highest BCUT2D eigenvalue weighted by molar-refractivity contribution is 5.94. The number of likely N-dealkylation sites (N-methyl/N-ethyl adjacent to an activating group) is 2. The van der Waals surface area contributed by atoms with Gasteiger partial charge >= 0.3 is 6.18 Å².